The van der Waals surface area contributed by atoms with Crippen molar-refractivity contribution < 1.29 is 34.1 Å². The fraction of sp³-hybridized carbons (Fsp3) is 0.250. The summed E-state index contributed by atoms with van der Waals surface area (Å²) in [7, 11) is 1.50. The van der Waals surface area contributed by atoms with E-state index < -0.39 is 34.9 Å². The van der Waals surface area contributed by atoms with E-state index in [-0.39, 0.29) is 40.6 Å². The molecule has 6 N–H and O–H groups in total. The second kappa shape index (κ2) is 9.71. The van der Waals surface area contributed by atoms with Gasteiger partial charge in [0.2, 0.25) is 11.5 Å². The quantitative estimate of drug-likeness (QED) is 0.0702. The van der Waals surface area contributed by atoms with Gasteiger partial charge in [-0.15, -0.1) is 16.3 Å². The van der Waals surface area contributed by atoms with Crippen molar-refractivity contribution in [3.05, 3.63) is 47.3 Å². The lowest BCUT2D eigenvalue weighted by Gasteiger charge is -2.49. The number of nitrogen functional groups attached to an aromatic ring is 1. The Morgan fingerprint density at radius 3 is 2.79 bits per heavy atom. The van der Waals surface area contributed by atoms with E-state index in [1.54, 1.807) is 29.1 Å². The van der Waals surface area contributed by atoms with Crippen LogP contribution in [-0.2, 0) is 20.9 Å². The number of nitrogens with two attached hydrogens (primary N) is 1. The lowest BCUT2D eigenvalue weighted by molar-refractivity contribution is -0.662. The summed E-state index contributed by atoms with van der Waals surface area (Å²) in [4.78, 5) is 54.6. The second-order valence-electron chi connectivity index (χ2n) is 8.05. The zero-order chi connectivity index (χ0) is 27.1. The van der Waals surface area contributed by atoms with Gasteiger partial charge in [0.05, 0.1) is 0 Å². The summed E-state index contributed by atoms with van der Waals surface area (Å²) in [5.41, 5.74) is 6.11. The molecule has 0 radical (unpaired) electrons. The van der Waals surface area contributed by atoms with Crippen molar-refractivity contribution in [1.29, 1.82) is 0 Å². The highest BCUT2D eigenvalue weighted by Gasteiger charge is 2.54. The first-order valence-corrected chi connectivity index (χ1v) is 12.7. The van der Waals surface area contributed by atoms with Crippen LogP contribution in [-0.4, -0.2) is 87.8 Å². The highest BCUT2D eigenvalue weighted by Crippen LogP contribution is 2.40. The van der Waals surface area contributed by atoms with E-state index in [4.69, 9.17) is 5.73 Å². The molecule has 2 atom stereocenters. The minimum absolute atomic E-state index is 0.0583. The van der Waals surface area contributed by atoms with Gasteiger partial charge in [0.15, 0.2) is 17.0 Å². The predicted octanol–water partition coefficient (Wildman–Crippen LogP) is -1.97. The number of β-lactam (4-membered cyclic amide) rings is 1. The van der Waals surface area contributed by atoms with Gasteiger partial charge in [0, 0.05) is 36.0 Å². The van der Waals surface area contributed by atoms with Crippen molar-refractivity contribution in [3.8, 4) is 0 Å². The maximum absolute atomic E-state index is 13.0. The molecule has 0 aromatic carbocycles. The monoisotopic (exact) mass is 559 g/mol. The van der Waals surface area contributed by atoms with Gasteiger partial charge in [-0.3, -0.25) is 19.3 Å². The molecule has 3 aromatic rings. The van der Waals surface area contributed by atoms with Gasteiger partial charge in [-0.1, -0.05) is 10.3 Å². The molecule has 0 spiro atoms. The number of rotatable bonds is 7. The molecule has 0 aliphatic carbocycles. The number of aliphatic carboxylic acids is 1. The van der Waals surface area contributed by atoms with Crippen LogP contribution in [0.15, 0.2) is 41.0 Å². The van der Waals surface area contributed by atoms with Crippen LogP contribution >= 0.6 is 23.3 Å². The Balaban J connectivity index is 1.36. The maximum Gasteiger partial charge on any atom is 0.352 e. The molecule has 0 bridgehead atoms. The fourth-order valence-electron chi connectivity index (χ4n) is 4.11. The first-order valence-electron chi connectivity index (χ1n) is 10.9. The molecule has 1 saturated heterocycles. The summed E-state index contributed by atoms with van der Waals surface area (Å²) in [6.45, 7) is 0.151. The number of oxime groups is 1. The van der Waals surface area contributed by atoms with E-state index in [1.165, 1.54) is 23.3 Å². The molecule has 3 aromatic heterocycles. The Morgan fingerprint density at radius 2 is 2.13 bits per heavy atom. The van der Waals surface area contributed by atoms with E-state index >= 15 is 0 Å². The summed E-state index contributed by atoms with van der Waals surface area (Å²) in [5.74, 6) is -3.10. The van der Waals surface area contributed by atoms with Crippen molar-refractivity contribution in [1.82, 2.24) is 34.5 Å². The lowest BCUT2D eigenvalue weighted by Crippen LogP contribution is -2.71. The summed E-state index contributed by atoms with van der Waals surface area (Å²) in [6, 6.07) is 2.18. The van der Waals surface area contributed by atoms with E-state index in [0.29, 0.717) is 11.2 Å². The third-order valence-corrected chi connectivity index (χ3v) is 7.73. The third-order valence-electron chi connectivity index (χ3n) is 5.85. The van der Waals surface area contributed by atoms with Crippen LogP contribution in [0, 0.1) is 0 Å². The highest BCUT2D eigenvalue weighted by atomic mass is 32.2. The van der Waals surface area contributed by atoms with Crippen LogP contribution in [0.25, 0.3) is 5.65 Å². The molecular formula is C20H19N10O6S2+. The Hall–Kier alpha value is -4.58. The molecule has 2 aliphatic rings. The number of carboxylic acids is 1. The van der Waals surface area contributed by atoms with Gasteiger partial charge >= 0.3 is 11.6 Å². The number of thioether (sulfide) groups is 1. The van der Waals surface area contributed by atoms with E-state index in [1.807, 2.05) is 0 Å². The van der Waals surface area contributed by atoms with Crippen LogP contribution in [0.4, 0.5) is 5.13 Å². The van der Waals surface area contributed by atoms with Crippen molar-refractivity contribution in [3.63, 3.8) is 0 Å². The Morgan fingerprint density at radius 1 is 1.34 bits per heavy atom. The van der Waals surface area contributed by atoms with Gasteiger partial charge in [0.25, 0.3) is 17.7 Å². The van der Waals surface area contributed by atoms with Gasteiger partial charge in [-0.25, -0.2) is 9.36 Å². The molecule has 196 valence electrons. The second-order valence-corrected chi connectivity index (χ2v) is 9.94. The van der Waals surface area contributed by atoms with Crippen molar-refractivity contribution in [2.75, 3.05) is 18.5 Å². The van der Waals surface area contributed by atoms with Crippen molar-refractivity contribution in [2.45, 2.75) is 18.0 Å². The summed E-state index contributed by atoms with van der Waals surface area (Å²) < 4.78 is 7.07. The van der Waals surface area contributed by atoms with E-state index in [0.717, 1.165) is 16.4 Å². The third kappa shape index (κ3) is 4.18. The molecule has 1 fully saturated rings. The fourth-order valence-corrected chi connectivity index (χ4v) is 5.88. The van der Waals surface area contributed by atoms with Gasteiger partial charge < -0.3 is 26.7 Å². The van der Waals surface area contributed by atoms with Crippen molar-refractivity contribution >= 4 is 63.5 Å². The van der Waals surface area contributed by atoms with E-state index in [9.17, 15) is 29.5 Å². The number of amides is 3. The molecule has 18 heteroatoms. The molecule has 3 amide bonds. The molecule has 16 nitrogen and oxygen atoms in total. The number of hydrogen-bond donors (Lipinski definition) is 5. The Bertz CT molecular complexity index is 1560. The zero-order valence-corrected chi connectivity index (χ0v) is 21.1. The zero-order valence-electron chi connectivity index (χ0n) is 19.4. The standard InChI is InChI=1S/C20H18N10O6S2/c1-22-15(31)9-2-3-10-28(4-5-29(10)25-9)6-8-7-37-18-12(17(33)30(18)13(8)19(34)35)23-16(32)11(26-36)14-24-20(21)38-27-14/h2-5,12,18H,6-7H2,1H3,(H5-,21,22,23,24,27,31,32,34,35,36)/p+1/t12-,18-/m1/s1. The molecule has 5 rings (SSSR count). The number of carboxylic acid groups (broad SMARTS) is 1. The molecular weight excluding hydrogens is 540 g/mol. The smallest absolute Gasteiger partial charge is 0.352 e. The van der Waals surface area contributed by atoms with E-state index in [2.05, 4.69) is 30.2 Å². The van der Waals surface area contributed by atoms with Crippen LogP contribution in [0.2, 0.25) is 0 Å². The number of carbonyl (C=O) groups is 4. The minimum Gasteiger partial charge on any atom is -0.477 e. The lowest BCUT2D eigenvalue weighted by atomic mass is 10.0. The highest BCUT2D eigenvalue weighted by molar-refractivity contribution is 8.00. The molecule has 0 unspecified atom stereocenters. The number of aromatic nitrogens is 5. The Labute approximate surface area is 221 Å². The van der Waals surface area contributed by atoms with Crippen LogP contribution in [0.5, 0.6) is 0 Å². The first-order chi connectivity index (χ1) is 18.2. The Kier molecular flexibility index (Phi) is 6.41. The number of imidazole rings is 1. The normalized spacial score (nSPS) is 19.2. The van der Waals surface area contributed by atoms with Crippen LogP contribution in [0.1, 0.15) is 16.3 Å². The number of carbonyl (C=O) groups excluding carboxylic acids is 3. The number of hydrogen-bond acceptors (Lipinski definition) is 12. The number of nitrogens with zero attached hydrogens (tertiary/aromatic N) is 7. The molecule has 2 aliphatic heterocycles. The number of anilines is 1. The van der Waals surface area contributed by atoms with Crippen molar-refractivity contribution in [2.24, 2.45) is 5.16 Å². The largest absolute Gasteiger partial charge is 0.477 e. The van der Waals surface area contributed by atoms with Crippen LogP contribution < -0.4 is 20.9 Å². The predicted molar refractivity (Wildman–Crippen MR) is 131 cm³/mol. The van der Waals surface area contributed by atoms with Gasteiger partial charge in [-0.2, -0.15) is 9.36 Å². The summed E-state index contributed by atoms with van der Waals surface area (Å²) in [5, 5.41) is 30.7. The summed E-state index contributed by atoms with van der Waals surface area (Å²) in [6.07, 6.45) is 3.32. The maximum atomic E-state index is 13.0. The molecule has 0 saturated carbocycles. The topological polar surface area (TPSA) is 221 Å². The number of fused-ring (bicyclic) bond motifs is 2. The van der Waals surface area contributed by atoms with Gasteiger partial charge in [-0.05, 0) is 6.07 Å². The molecule has 38 heavy (non-hydrogen) atoms. The van der Waals surface area contributed by atoms with Crippen LogP contribution in [0.3, 0.4) is 0 Å². The minimum atomic E-state index is -1.28. The first kappa shape index (κ1) is 25.1. The van der Waals surface area contributed by atoms with Gasteiger partial charge in [0.1, 0.15) is 29.9 Å². The average Bonchev–Trinajstić information content (AvgIpc) is 3.52. The summed E-state index contributed by atoms with van der Waals surface area (Å²) >= 11 is 2.08. The molecule has 5 heterocycles. The SMILES string of the molecule is CNC(=O)c1ccc2n(cc[n+]2CC2=C(C(=O)O)N3C(=O)[C@@H](NC(=O)/C(=N\O)c4nsc(N)n4)[C@H]3SC2)n1. The average molecular weight is 560 g/mol. The number of nitrogens with one attached hydrogen (secondary N) is 2.